The molecule has 0 aliphatic carbocycles. The van der Waals surface area contributed by atoms with Gasteiger partial charge in [0.1, 0.15) is 0 Å². The monoisotopic (exact) mass is 268 g/mol. The van der Waals surface area contributed by atoms with Crippen LogP contribution >= 0.6 is 11.3 Å². The van der Waals surface area contributed by atoms with Crippen LogP contribution in [-0.4, -0.2) is 41.5 Å². The smallest absolute Gasteiger partial charge is 0.240 e. The molecule has 1 saturated heterocycles. The molecule has 1 aromatic rings. The Morgan fingerprint density at radius 2 is 2.50 bits per heavy atom. The van der Waals surface area contributed by atoms with Crippen LogP contribution in [0.1, 0.15) is 19.0 Å². The molecule has 0 bridgehead atoms. The summed E-state index contributed by atoms with van der Waals surface area (Å²) in [4.78, 5) is 18.2. The van der Waals surface area contributed by atoms with Gasteiger partial charge < -0.3 is 11.1 Å². The number of rotatable bonds is 3. The van der Waals surface area contributed by atoms with E-state index in [1.54, 1.807) is 0 Å². The molecular formula is C12H20N4OS. The maximum Gasteiger partial charge on any atom is 0.240 e. The summed E-state index contributed by atoms with van der Waals surface area (Å²) in [5, 5.41) is 5.44. The van der Waals surface area contributed by atoms with Crippen molar-refractivity contribution in [1.82, 2.24) is 9.88 Å². The van der Waals surface area contributed by atoms with Gasteiger partial charge in [0.25, 0.3) is 0 Å². The van der Waals surface area contributed by atoms with Gasteiger partial charge in [-0.2, -0.15) is 0 Å². The number of aromatic nitrogens is 1. The molecule has 18 heavy (non-hydrogen) atoms. The fraction of sp³-hybridized carbons (Fsp3) is 0.667. The highest BCUT2D eigenvalue weighted by atomic mass is 32.1. The molecule has 2 rings (SSSR count). The van der Waals surface area contributed by atoms with Gasteiger partial charge in [-0.1, -0.05) is 6.92 Å². The molecule has 0 aromatic carbocycles. The molecule has 2 atom stereocenters. The Morgan fingerprint density at radius 1 is 1.72 bits per heavy atom. The van der Waals surface area contributed by atoms with Crippen LogP contribution in [0.25, 0.3) is 0 Å². The fourth-order valence-corrected chi connectivity index (χ4v) is 2.87. The molecule has 1 aliphatic heterocycles. The van der Waals surface area contributed by atoms with Gasteiger partial charge in [0.2, 0.25) is 5.91 Å². The summed E-state index contributed by atoms with van der Waals surface area (Å²) in [7, 11) is 0. The highest BCUT2D eigenvalue weighted by molar-refractivity contribution is 7.13. The number of carbonyl (C=O) groups excluding carboxylic acids is 1. The van der Waals surface area contributed by atoms with E-state index in [1.165, 1.54) is 11.3 Å². The van der Waals surface area contributed by atoms with Crippen LogP contribution in [0.2, 0.25) is 0 Å². The minimum atomic E-state index is 0.00650. The van der Waals surface area contributed by atoms with Crippen molar-refractivity contribution < 1.29 is 4.79 Å². The Labute approximate surface area is 111 Å². The zero-order valence-electron chi connectivity index (χ0n) is 10.8. The minimum Gasteiger partial charge on any atom is -0.327 e. The first kappa shape index (κ1) is 13.5. The molecule has 1 aliphatic rings. The maximum absolute atomic E-state index is 11.9. The summed E-state index contributed by atoms with van der Waals surface area (Å²) in [5.41, 5.74) is 6.90. The predicted octanol–water partition coefficient (Wildman–Crippen LogP) is 1.06. The van der Waals surface area contributed by atoms with Crippen LogP contribution < -0.4 is 11.1 Å². The summed E-state index contributed by atoms with van der Waals surface area (Å²) >= 11 is 1.46. The number of anilines is 1. The van der Waals surface area contributed by atoms with E-state index in [0.717, 1.165) is 25.2 Å². The van der Waals surface area contributed by atoms with Crippen LogP contribution in [0.3, 0.4) is 0 Å². The molecule has 100 valence electrons. The Morgan fingerprint density at radius 3 is 3.11 bits per heavy atom. The lowest BCUT2D eigenvalue weighted by Crippen LogP contribution is -2.48. The topological polar surface area (TPSA) is 71.2 Å². The zero-order chi connectivity index (χ0) is 13.1. The Balaban J connectivity index is 1.81. The number of likely N-dealkylation sites (tertiary alicyclic amines) is 1. The summed E-state index contributed by atoms with van der Waals surface area (Å²) in [5.74, 6) is 0.459. The number of amides is 1. The standard InChI is InChI=1S/C12H20N4OS/c1-8-5-16(4-3-10(8)13)6-11(17)15-12-14-9(2)7-18-12/h7-8,10H,3-6,13H2,1-2H3,(H,14,15,17). The van der Waals surface area contributed by atoms with Gasteiger partial charge >= 0.3 is 0 Å². The van der Waals surface area contributed by atoms with Crippen LogP contribution in [0, 0.1) is 12.8 Å². The highest BCUT2D eigenvalue weighted by Gasteiger charge is 2.24. The van der Waals surface area contributed by atoms with E-state index in [4.69, 9.17) is 5.73 Å². The highest BCUT2D eigenvalue weighted by Crippen LogP contribution is 2.16. The molecule has 6 heteroatoms. The quantitative estimate of drug-likeness (QED) is 0.860. The molecule has 3 N–H and O–H groups in total. The first-order valence-corrected chi connectivity index (χ1v) is 7.12. The number of hydrogen-bond donors (Lipinski definition) is 2. The summed E-state index contributed by atoms with van der Waals surface area (Å²) in [6, 6.07) is 0.269. The van der Waals surface area contributed by atoms with E-state index in [9.17, 15) is 4.79 Å². The average Bonchev–Trinajstić information content (AvgIpc) is 2.69. The number of aryl methyl sites for hydroxylation is 1. The maximum atomic E-state index is 11.9. The largest absolute Gasteiger partial charge is 0.327 e. The normalized spacial score (nSPS) is 25.1. The second-order valence-corrected chi connectivity index (χ2v) is 5.87. The third-order valence-corrected chi connectivity index (χ3v) is 4.16. The lowest BCUT2D eigenvalue weighted by atomic mass is 9.95. The van der Waals surface area contributed by atoms with Gasteiger partial charge in [0.05, 0.1) is 12.2 Å². The minimum absolute atomic E-state index is 0.00650. The Kier molecular flexibility index (Phi) is 4.31. The number of nitrogens with one attached hydrogen (secondary N) is 1. The molecule has 0 spiro atoms. The van der Waals surface area contributed by atoms with E-state index < -0.39 is 0 Å². The molecule has 2 unspecified atom stereocenters. The van der Waals surface area contributed by atoms with Crippen molar-refractivity contribution in [2.24, 2.45) is 11.7 Å². The summed E-state index contributed by atoms with van der Waals surface area (Å²) < 4.78 is 0. The van der Waals surface area contributed by atoms with Crippen molar-refractivity contribution in [3.05, 3.63) is 11.1 Å². The van der Waals surface area contributed by atoms with E-state index in [2.05, 4.69) is 22.1 Å². The first-order chi connectivity index (χ1) is 8.54. The zero-order valence-corrected chi connectivity index (χ0v) is 11.7. The SMILES string of the molecule is Cc1csc(NC(=O)CN2CCC(N)C(C)C2)n1. The summed E-state index contributed by atoms with van der Waals surface area (Å²) in [6.07, 6.45) is 0.963. The van der Waals surface area contributed by atoms with E-state index in [1.807, 2.05) is 12.3 Å². The van der Waals surface area contributed by atoms with Gasteiger partial charge in [0, 0.05) is 24.5 Å². The number of hydrogen-bond acceptors (Lipinski definition) is 5. The summed E-state index contributed by atoms with van der Waals surface area (Å²) in [6.45, 7) is 6.27. The van der Waals surface area contributed by atoms with Crippen LogP contribution in [-0.2, 0) is 4.79 Å². The number of thiazole rings is 1. The van der Waals surface area contributed by atoms with E-state index >= 15 is 0 Å². The van der Waals surface area contributed by atoms with Crippen molar-refractivity contribution in [2.45, 2.75) is 26.3 Å². The van der Waals surface area contributed by atoms with Gasteiger partial charge in [0.15, 0.2) is 5.13 Å². The molecule has 1 fully saturated rings. The number of nitrogens with two attached hydrogens (primary N) is 1. The van der Waals surface area contributed by atoms with E-state index in [-0.39, 0.29) is 11.9 Å². The third kappa shape index (κ3) is 3.51. The van der Waals surface area contributed by atoms with E-state index in [0.29, 0.717) is 17.6 Å². The molecule has 2 heterocycles. The van der Waals surface area contributed by atoms with Crippen molar-refractivity contribution >= 4 is 22.4 Å². The van der Waals surface area contributed by atoms with Crippen LogP contribution in [0.4, 0.5) is 5.13 Å². The average molecular weight is 268 g/mol. The molecule has 0 saturated carbocycles. The second-order valence-electron chi connectivity index (χ2n) is 5.01. The predicted molar refractivity (Wildman–Crippen MR) is 73.7 cm³/mol. The van der Waals surface area contributed by atoms with Gasteiger partial charge in [-0.15, -0.1) is 11.3 Å². The Hall–Kier alpha value is -0.980. The molecule has 1 amide bonds. The lowest BCUT2D eigenvalue weighted by molar-refractivity contribution is -0.117. The lowest BCUT2D eigenvalue weighted by Gasteiger charge is -2.34. The van der Waals surface area contributed by atoms with Gasteiger partial charge in [-0.3, -0.25) is 9.69 Å². The second kappa shape index (κ2) is 5.77. The van der Waals surface area contributed by atoms with Crippen LogP contribution in [0.5, 0.6) is 0 Å². The van der Waals surface area contributed by atoms with Gasteiger partial charge in [-0.05, 0) is 19.3 Å². The van der Waals surface area contributed by atoms with Crippen molar-refractivity contribution in [1.29, 1.82) is 0 Å². The van der Waals surface area contributed by atoms with Gasteiger partial charge in [-0.25, -0.2) is 4.98 Å². The molecular weight excluding hydrogens is 248 g/mol. The number of piperidine rings is 1. The molecule has 1 aromatic heterocycles. The number of carbonyl (C=O) groups is 1. The van der Waals surface area contributed by atoms with Crippen molar-refractivity contribution in [3.8, 4) is 0 Å². The van der Waals surface area contributed by atoms with Crippen LogP contribution in [0.15, 0.2) is 5.38 Å². The van der Waals surface area contributed by atoms with Crippen molar-refractivity contribution in [2.75, 3.05) is 25.0 Å². The third-order valence-electron chi connectivity index (χ3n) is 3.29. The first-order valence-electron chi connectivity index (χ1n) is 6.24. The number of nitrogens with zero attached hydrogens (tertiary/aromatic N) is 2. The molecule has 0 radical (unpaired) electrons. The molecule has 5 nitrogen and oxygen atoms in total. The fourth-order valence-electron chi connectivity index (χ4n) is 2.17. The Bertz CT molecular complexity index is 420. The van der Waals surface area contributed by atoms with Crippen molar-refractivity contribution in [3.63, 3.8) is 0 Å².